The lowest BCUT2D eigenvalue weighted by Crippen LogP contribution is -2.45. The minimum absolute atomic E-state index is 0.501. The van der Waals surface area contributed by atoms with Crippen LogP contribution in [-0.4, -0.2) is 52.6 Å². The van der Waals surface area contributed by atoms with E-state index in [0.29, 0.717) is 11.6 Å². The number of aromatic carboxylic acids is 1. The summed E-state index contributed by atoms with van der Waals surface area (Å²) in [7, 11) is 0. The average Bonchev–Trinajstić information content (AvgIpc) is 3.08. The second-order valence-electron chi connectivity index (χ2n) is 6.57. The highest BCUT2D eigenvalue weighted by Crippen LogP contribution is 2.34. The van der Waals surface area contributed by atoms with E-state index >= 15 is 0 Å². The molecular weight excluding hydrogens is 264 g/mol. The molecule has 2 unspecified atom stereocenters. The summed E-state index contributed by atoms with van der Waals surface area (Å²) in [6.45, 7) is 4.44. The fraction of sp³-hybridized carbons (Fsp3) is 0.588. The maximum absolute atomic E-state index is 11.3. The number of carboxylic acid groups (broad SMARTS) is 1. The van der Waals surface area contributed by atoms with Crippen LogP contribution >= 0.6 is 0 Å². The first-order chi connectivity index (χ1) is 10.2. The van der Waals surface area contributed by atoms with E-state index in [9.17, 15) is 9.90 Å². The molecule has 2 saturated heterocycles. The largest absolute Gasteiger partial charge is 0.478 e. The van der Waals surface area contributed by atoms with Crippen LogP contribution in [0.2, 0.25) is 0 Å². The molecule has 1 aromatic rings. The highest BCUT2D eigenvalue weighted by Gasteiger charge is 2.40. The van der Waals surface area contributed by atoms with Crippen LogP contribution < -0.4 is 0 Å². The van der Waals surface area contributed by atoms with E-state index in [4.69, 9.17) is 0 Å². The molecule has 0 amide bonds. The van der Waals surface area contributed by atoms with Crippen LogP contribution in [0, 0.1) is 0 Å². The van der Waals surface area contributed by atoms with Crippen LogP contribution in [0.5, 0.6) is 0 Å². The van der Waals surface area contributed by atoms with Gasteiger partial charge in [0.2, 0.25) is 0 Å². The summed E-state index contributed by atoms with van der Waals surface area (Å²) in [4.78, 5) is 16.6. The first kappa shape index (κ1) is 13.3. The van der Waals surface area contributed by atoms with Gasteiger partial charge in [-0.3, -0.25) is 9.80 Å². The molecule has 4 rings (SSSR count). The number of carbonyl (C=O) groups is 1. The van der Waals surface area contributed by atoms with Crippen molar-refractivity contribution >= 4 is 5.97 Å². The van der Waals surface area contributed by atoms with E-state index in [2.05, 4.69) is 15.9 Å². The third-order valence-electron chi connectivity index (χ3n) is 5.57. The van der Waals surface area contributed by atoms with Gasteiger partial charge in [-0.2, -0.15) is 0 Å². The standard InChI is InChI=1S/C17H22N2O2/c20-17(21)14-4-1-3-12-11-19(9-6-13(12)14)16-7-10-18-8-2-5-15(16)18/h1,3-4,15-16H,2,5-11H2,(H,20,21). The van der Waals surface area contributed by atoms with Gasteiger partial charge in [0, 0.05) is 31.7 Å². The number of nitrogens with zero attached hydrogens (tertiary/aromatic N) is 2. The average molecular weight is 286 g/mol. The van der Waals surface area contributed by atoms with Gasteiger partial charge in [0.1, 0.15) is 0 Å². The van der Waals surface area contributed by atoms with Crippen LogP contribution in [0.4, 0.5) is 0 Å². The Balaban J connectivity index is 1.57. The molecule has 0 saturated carbocycles. The van der Waals surface area contributed by atoms with E-state index in [1.54, 1.807) is 6.07 Å². The second kappa shape index (κ2) is 5.11. The molecule has 3 aliphatic heterocycles. The zero-order chi connectivity index (χ0) is 14.4. The minimum Gasteiger partial charge on any atom is -0.478 e. The summed E-state index contributed by atoms with van der Waals surface area (Å²) in [5.74, 6) is -0.789. The maximum atomic E-state index is 11.3. The molecule has 0 radical (unpaired) electrons. The third kappa shape index (κ3) is 2.17. The predicted molar refractivity (Wildman–Crippen MR) is 80.5 cm³/mol. The summed E-state index contributed by atoms with van der Waals surface area (Å²) >= 11 is 0. The van der Waals surface area contributed by atoms with Gasteiger partial charge in [-0.05, 0) is 49.4 Å². The summed E-state index contributed by atoms with van der Waals surface area (Å²) in [5, 5.41) is 9.32. The number of rotatable bonds is 2. The molecule has 2 atom stereocenters. The Labute approximate surface area is 125 Å². The van der Waals surface area contributed by atoms with E-state index in [0.717, 1.165) is 31.1 Å². The van der Waals surface area contributed by atoms with Gasteiger partial charge < -0.3 is 5.11 Å². The second-order valence-corrected chi connectivity index (χ2v) is 6.57. The highest BCUT2D eigenvalue weighted by molar-refractivity contribution is 5.89. The van der Waals surface area contributed by atoms with Gasteiger partial charge in [0.25, 0.3) is 0 Å². The Morgan fingerprint density at radius 3 is 2.81 bits per heavy atom. The topological polar surface area (TPSA) is 43.8 Å². The molecular formula is C17H22N2O2. The normalized spacial score (nSPS) is 29.3. The van der Waals surface area contributed by atoms with Gasteiger partial charge in [-0.1, -0.05) is 12.1 Å². The van der Waals surface area contributed by atoms with Crippen molar-refractivity contribution in [3.63, 3.8) is 0 Å². The van der Waals surface area contributed by atoms with Crippen molar-refractivity contribution in [1.82, 2.24) is 9.80 Å². The lowest BCUT2D eigenvalue weighted by atomic mass is 9.92. The minimum atomic E-state index is -0.789. The Hall–Kier alpha value is -1.39. The zero-order valence-electron chi connectivity index (χ0n) is 12.3. The van der Waals surface area contributed by atoms with Crippen LogP contribution in [0.1, 0.15) is 40.7 Å². The number of carboxylic acids is 1. The van der Waals surface area contributed by atoms with Crippen molar-refractivity contribution in [3.8, 4) is 0 Å². The fourth-order valence-electron chi connectivity index (χ4n) is 4.60. The Bertz CT molecular complexity index is 572. The first-order valence-corrected chi connectivity index (χ1v) is 8.06. The Kier molecular flexibility index (Phi) is 3.23. The molecule has 1 N–H and O–H groups in total. The van der Waals surface area contributed by atoms with Gasteiger partial charge in [0.15, 0.2) is 0 Å². The smallest absolute Gasteiger partial charge is 0.335 e. The monoisotopic (exact) mass is 286 g/mol. The van der Waals surface area contributed by atoms with Crippen molar-refractivity contribution < 1.29 is 9.90 Å². The van der Waals surface area contributed by atoms with Crippen molar-refractivity contribution in [1.29, 1.82) is 0 Å². The molecule has 2 fully saturated rings. The predicted octanol–water partition coefficient (Wildman–Crippen LogP) is 1.98. The lowest BCUT2D eigenvalue weighted by molar-refractivity contribution is 0.0693. The van der Waals surface area contributed by atoms with Crippen molar-refractivity contribution in [2.75, 3.05) is 19.6 Å². The van der Waals surface area contributed by atoms with Crippen LogP contribution in [-0.2, 0) is 13.0 Å². The summed E-state index contributed by atoms with van der Waals surface area (Å²) < 4.78 is 0. The van der Waals surface area contributed by atoms with Gasteiger partial charge in [-0.15, -0.1) is 0 Å². The van der Waals surface area contributed by atoms with Gasteiger partial charge in [-0.25, -0.2) is 4.79 Å². The number of benzene rings is 1. The summed E-state index contributed by atoms with van der Waals surface area (Å²) in [6, 6.07) is 7.16. The summed E-state index contributed by atoms with van der Waals surface area (Å²) in [6.07, 6.45) is 4.83. The molecule has 3 aliphatic rings. The van der Waals surface area contributed by atoms with Gasteiger partial charge >= 0.3 is 5.97 Å². The summed E-state index contributed by atoms with van der Waals surface area (Å²) in [5.41, 5.74) is 2.78. The quantitative estimate of drug-likeness (QED) is 0.903. The van der Waals surface area contributed by atoms with Crippen LogP contribution in [0.3, 0.4) is 0 Å². The molecule has 4 nitrogen and oxygen atoms in total. The van der Waals surface area contributed by atoms with E-state index in [1.165, 1.54) is 37.9 Å². The zero-order valence-corrected chi connectivity index (χ0v) is 12.3. The molecule has 3 heterocycles. The Morgan fingerprint density at radius 1 is 1.10 bits per heavy atom. The van der Waals surface area contributed by atoms with Crippen LogP contribution in [0.25, 0.3) is 0 Å². The fourth-order valence-corrected chi connectivity index (χ4v) is 4.60. The van der Waals surface area contributed by atoms with Crippen molar-refractivity contribution in [2.45, 2.75) is 44.3 Å². The number of fused-ring (bicyclic) bond motifs is 2. The number of hydrogen-bond donors (Lipinski definition) is 1. The van der Waals surface area contributed by atoms with Gasteiger partial charge in [0.05, 0.1) is 5.56 Å². The first-order valence-electron chi connectivity index (χ1n) is 8.06. The molecule has 0 aromatic heterocycles. The molecule has 0 spiro atoms. The lowest BCUT2D eigenvalue weighted by Gasteiger charge is -2.36. The molecule has 0 bridgehead atoms. The molecule has 4 heteroatoms. The van der Waals surface area contributed by atoms with E-state index in [-0.39, 0.29) is 0 Å². The molecule has 21 heavy (non-hydrogen) atoms. The Morgan fingerprint density at radius 2 is 1.95 bits per heavy atom. The maximum Gasteiger partial charge on any atom is 0.335 e. The van der Waals surface area contributed by atoms with Crippen LogP contribution in [0.15, 0.2) is 18.2 Å². The van der Waals surface area contributed by atoms with E-state index in [1.807, 2.05) is 6.07 Å². The molecule has 112 valence electrons. The number of hydrogen-bond acceptors (Lipinski definition) is 3. The SMILES string of the molecule is O=C(O)c1cccc2c1CCN(C1CCN3CCCC13)C2. The van der Waals surface area contributed by atoms with Crippen molar-refractivity contribution in [3.05, 3.63) is 34.9 Å². The highest BCUT2D eigenvalue weighted by atomic mass is 16.4. The third-order valence-corrected chi connectivity index (χ3v) is 5.57. The van der Waals surface area contributed by atoms with E-state index < -0.39 is 5.97 Å². The molecule has 0 aliphatic carbocycles. The van der Waals surface area contributed by atoms with Crippen molar-refractivity contribution in [2.24, 2.45) is 0 Å². The molecule has 1 aromatic carbocycles.